The number of carbonyl (C=O) groups excluding carboxylic acids is 1. The maximum atomic E-state index is 12.6. The molecule has 0 aliphatic carbocycles. The lowest BCUT2D eigenvalue weighted by Gasteiger charge is -2.17. The molecule has 7 heteroatoms. The number of sulfonamides is 1. The third kappa shape index (κ3) is 3.70. The molecule has 0 radical (unpaired) electrons. The molecule has 2 rings (SSSR count). The maximum absolute atomic E-state index is 12.6. The molecule has 1 amide bonds. The Hall–Kier alpha value is -0.920. The molecule has 1 saturated heterocycles. The van der Waals surface area contributed by atoms with Gasteiger partial charge in [-0.1, -0.05) is 6.92 Å². The smallest absolute Gasteiger partial charge is 0.252 e. The Morgan fingerprint density at radius 3 is 2.59 bits per heavy atom. The zero-order valence-electron chi connectivity index (χ0n) is 12.8. The Balaban J connectivity index is 2.32. The van der Waals surface area contributed by atoms with Gasteiger partial charge in [-0.15, -0.1) is 0 Å². The van der Waals surface area contributed by atoms with E-state index < -0.39 is 10.0 Å². The second-order valence-electron chi connectivity index (χ2n) is 5.54. The Kier molecular flexibility index (Phi) is 5.63. The van der Waals surface area contributed by atoms with Gasteiger partial charge in [-0.2, -0.15) is 4.31 Å². The van der Waals surface area contributed by atoms with Crippen molar-refractivity contribution < 1.29 is 13.2 Å². The molecule has 22 heavy (non-hydrogen) atoms. The van der Waals surface area contributed by atoms with Gasteiger partial charge in [-0.05, 0) is 60.3 Å². The summed E-state index contributed by atoms with van der Waals surface area (Å²) in [5.41, 5.74) is 0.348. The van der Waals surface area contributed by atoms with Gasteiger partial charge >= 0.3 is 0 Å². The molecular weight excluding hydrogens is 368 g/mol. The van der Waals surface area contributed by atoms with Crippen LogP contribution in [0.5, 0.6) is 0 Å². The van der Waals surface area contributed by atoms with Crippen molar-refractivity contribution in [1.29, 1.82) is 0 Å². The van der Waals surface area contributed by atoms with E-state index in [1.54, 1.807) is 6.07 Å². The van der Waals surface area contributed by atoms with Crippen LogP contribution in [0, 0.1) is 0 Å². The third-order valence-corrected chi connectivity index (χ3v) is 6.46. The summed E-state index contributed by atoms with van der Waals surface area (Å²) in [4.78, 5) is 12.5. The molecule has 122 valence electrons. The summed E-state index contributed by atoms with van der Waals surface area (Å²) >= 11 is 3.32. The molecule has 1 aromatic carbocycles. The monoisotopic (exact) mass is 388 g/mol. The Labute approximate surface area is 140 Å². The maximum Gasteiger partial charge on any atom is 0.252 e. The van der Waals surface area contributed by atoms with Crippen molar-refractivity contribution >= 4 is 31.9 Å². The van der Waals surface area contributed by atoms with Gasteiger partial charge in [-0.3, -0.25) is 4.79 Å². The molecule has 5 nitrogen and oxygen atoms in total. The molecule has 1 aliphatic heterocycles. The molecule has 1 aliphatic rings. The fourth-order valence-corrected chi connectivity index (χ4v) is 4.29. The van der Waals surface area contributed by atoms with Crippen molar-refractivity contribution in [1.82, 2.24) is 9.62 Å². The lowest BCUT2D eigenvalue weighted by Crippen LogP contribution is -2.32. The van der Waals surface area contributed by atoms with Gasteiger partial charge in [0.15, 0.2) is 0 Å². The first-order valence-corrected chi connectivity index (χ1v) is 9.70. The first-order chi connectivity index (χ1) is 10.4. The number of rotatable bonds is 5. The molecule has 1 fully saturated rings. The second-order valence-corrected chi connectivity index (χ2v) is 8.33. The first kappa shape index (κ1) is 17.4. The van der Waals surface area contributed by atoms with E-state index >= 15 is 0 Å². The van der Waals surface area contributed by atoms with Crippen molar-refractivity contribution in [3.05, 3.63) is 28.2 Å². The summed E-state index contributed by atoms with van der Waals surface area (Å²) in [6.45, 7) is 4.99. The van der Waals surface area contributed by atoms with Crippen LogP contribution >= 0.6 is 15.9 Å². The lowest BCUT2D eigenvalue weighted by molar-refractivity contribution is 0.0938. The topological polar surface area (TPSA) is 66.5 Å². The van der Waals surface area contributed by atoms with Gasteiger partial charge in [0.25, 0.3) is 5.91 Å². The van der Waals surface area contributed by atoms with E-state index in [1.807, 2.05) is 13.8 Å². The molecule has 0 bridgehead atoms. The Morgan fingerprint density at radius 1 is 1.36 bits per heavy atom. The zero-order chi connectivity index (χ0) is 16.3. The van der Waals surface area contributed by atoms with Gasteiger partial charge < -0.3 is 5.32 Å². The van der Waals surface area contributed by atoms with E-state index in [0.717, 1.165) is 19.3 Å². The predicted molar refractivity (Wildman–Crippen MR) is 89.4 cm³/mol. The zero-order valence-corrected chi connectivity index (χ0v) is 15.2. The highest BCUT2D eigenvalue weighted by Crippen LogP contribution is 2.25. The van der Waals surface area contributed by atoms with Crippen LogP contribution in [0.25, 0.3) is 0 Å². The molecule has 1 heterocycles. The average molecular weight is 389 g/mol. The average Bonchev–Trinajstić information content (AvgIpc) is 3.02. The number of carbonyl (C=O) groups is 1. The molecule has 0 aromatic heterocycles. The number of nitrogens with zero attached hydrogens (tertiary/aromatic N) is 1. The van der Waals surface area contributed by atoms with E-state index in [0.29, 0.717) is 23.1 Å². The summed E-state index contributed by atoms with van der Waals surface area (Å²) < 4.78 is 27.2. The van der Waals surface area contributed by atoms with Crippen LogP contribution in [0.4, 0.5) is 0 Å². The largest absolute Gasteiger partial charge is 0.350 e. The number of nitrogens with one attached hydrogen (secondary N) is 1. The molecule has 0 saturated carbocycles. The lowest BCUT2D eigenvalue weighted by atomic mass is 10.2. The number of halogens is 1. The summed E-state index contributed by atoms with van der Waals surface area (Å²) in [6.07, 6.45) is 2.59. The van der Waals surface area contributed by atoms with Crippen molar-refractivity contribution in [2.24, 2.45) is 0 Å². The molecular formula is C15H21BrN2O3S. The SMILES string of the molecule is CC[C@H](C)NC(=O)c1cc(S(=O)(=O)N2CCCC2)ccc1Br. The van der Waals surface area contributed by atoms with Crippen LogP contribution in [0.15, 0.2) is 27.6 Å². The predicted octanol–water partition coefficient (Wildman–Crippen LogP) is 2.76. The first-order valence-electron chi connectivity index (χ1n) is 7.47. The summed E-state index contributed by atoms with van der Waals surface area (Å²) in [5, 5.41) is 2.86. The number of benzene rings is 1. The van der Waals surface area contributed by atoms with Gasteiger partial charge in [0.05, 0.1) is 10.5 Å². The van der Waals surface area contributed by atoms with Gasteiger partial charge in [-0.25, -0.2) is 8.42 Å². The van der Waals surface area contributed by atoms with Crippen LogP contribution in [0.1, 0.15) is 43.5 Å². The van der Waals surface area contributed by atoms with Crippen molar-refractivity contribution in [2.75, 3.05) is 13.1 Å². The minimum Gasteiger partial charge on any atom is -0.350 e. The highest BCUT2D eigenvalue weighted by Gasteiger charge is 2.28. The van der Waals surface area contributed by atoms with Gasteiger partial charge in [0.2, 0.25) is 10.0 Å². The molecule has 1 atom stereocenters. The van der Waals surface area contributed by atoms with E-state index in [9.17, 15) is 13.2 Å². The normalized spacial score (nSPS) is 17.4. The highest BCUT2D eigenvalue weighted by molar-refractivity contribution is 9.10. The summed E-state index contributed by atoms with van der Waals surface area (Å²) in [7, 11) is -3.51. The van der Waals surface area contributed by atoms with Crippen LogP contribution < -0.4 is 5.32 Å². The third-order valence-electron chi connectivity index (χ3n) is 3.88. The quantitative estimate of drug-likeness (QED) is 0.842. The summed E-state index contributed by atoms with van der Waals surface area (Å²) in [6, 6.07) is 4.65. The van der Waals surface area contributed by atoms with Crippen molar-refractivity contribution in [3.63, 3.8) is 0 Å². The van der Waals surface area contributed by atoms with E-state index in [-0.39, 0.29) is 16.8 Å². The molecule has 1 aromatic rings. The van der Waals surface area contributed by atoms with E-state index in [1.165, 1.54) is 16.4 Å². The highest BCUT2D eigenvalue weighted by atomic mass is 79.9. The van der Waals surface area contributed by atoms with Gasteiger partial charge in [0, 0.05) is 23.6 Å². The molecule has 0 spiro atoms. The Morgan fingerprint density at radius 2 is 2.00 bits per heavy atom. The van der Waals surface area contributed by atoms with Crippen molar-refractivity contribution in [2.45, 2.75) is 44.0 Å². The van der Waals surface area contributed by atoms with Gasteiger partial charge in [0.1, 0.15) is 0 Å². The summed E-state index contributed by atoms with van der Waals surface area (Å²) in [5.74, 6) is -0.264. The van der Waals surface area contributed by atoms with Crippen LogP contribution in [-0.2, 0) is 10.0 Å². The number of hydrogen-bond acceptors (Lipinski definition) is 3. The van der Waals surface area contributed by atoms with Crippen molar-refractivity contribution in [3.8, 4) is 0 Å². The number of amides is 1. The standard InChI is InChI=1S/C15H21BrN2O3S/c1-3-11(2)17-15(19)13-10-12(6-7-14(13)16)22(20,21)18-8-4-5-9-18/h6-7,10-11H,3-5,8-9H2,1-2H3,(H,17,19)/t11-/m0/s1. The minimum atomic E-state index is -3.51. The van der Waals surface area contributed by atoms with Crippen LogP contribution in [0.2, 0.25) is 0 Å². The van der Waals surface area contributed by atoms with Crippen LogP contribution in [-0.4, -0.2) is 37.8 Å². The molecule has 1 N–H and O–H groups in total. The Bertz CT molecular complexity index is 655. The van der Waals surface area contributed by atoms with E-state index in [4.69, 9.17) is 0 Å². The van der Waals surface area contributed by atoms with E-state index in [2.05, 4.69) is 21.2 Å². The molecule has 0 unspecified atom stereocenters. The van der Waals surface area contributed by atoms with Crippen LogP contribution in [0.3, 0.4) is 0 Å². The second kappa shape index (κ2) is 7.10. The minimum absolute atomic E-state index is 0.0400. The fraction of sp³-hybridized carbons (Fsp3) is 0.533. The number of hydrogen-bond donors (Lipinski definition) is 1. The fourth-order valence-electron chi connectivity index (χ4n) is 2.32.